The summed E-state index contributed by atoms with van der Waals surface area (Å²) >= 11 is 0. The van der Waals surface area contributed by atoms with E-state index in [0.29, 0.717) is 19.2 Å². The van der Waals surface area contributed by atoms with E-state index in [1.807, 2.05) is 18.2 Å². The first kappa shape index (κ1) is 16.1. The predicted molar refractivity (Wildman–Crippen MR) is 82.8 cm³/mol. The maximum Gasteiger partial charge on any atom is 0.161 e. The van der Waals surface area contributed by atoms with E-state index in [0.717, 1.165) is 36.8 Å². The minimum absolute atomic E-state index is 0.0902. The molecule has 5 nitrogen and oxygen atoms in total. The lowest BCUT2D eigenvalue weighted by atomic mass is 10.2. The quantitative estimate of drug-likeness (QED) is 0.864. The van der Waals surface area contributed by atoms with E-state index in [-0.39, 0.29) is 6.10 Å². The predicted octanol–water partition coefficient (Wildman–Crippen LogP) is 1.64. The molecule has 1 aromatic carbocycles. The van der Waals surface area contributed by atoms with Gasteiger partial charge in [-0.25, -0.2) is 0 Å². The summed E-state index contributed by atoms with van der Waals surface area (Å²) < 4.78 is 17.0. The molecular weight excluding hydrogens is 268 g/mol. The number of nitrogens with two attached hydrogens (primary N) is 1. The number of methoxy groups -OCH3 is 1. The summed E-state index contributed by atoms with van der Waals surface area (Å²) in [6.45, 7) is 8.06. The van der Waals surface area contributed by atoms with Gasteiger partial charge in [0.2, 0.25) is 0 Å². The Morgan fingerprint density at radius 1 is 1.38 bits per heavy atom. The molecule has 0 saturated carbocycles. The summed E-state index contributed by atoms with van der Waals surface area (Å²) in [6, 6.07) is 6.30. The van der Waals surface area contributed by atoms with Gasteiger partial charge in [-0.3, -0.25) is 4.90 Å². The first-order chi connectivity index (χ1) is 10.1. The first-order valence-electron chi connectivity index (χ1n) is 7.49. The van der Waals surface area contributed by atoms with Crippen molar-refractivity contribution in [3.8, 4) is 11.5 Å². The van der Waals surface area contributed by atoms with E-state index in [1.54, 1.807) is 7.11 Å². The average Bonchev–Trinajstić information content (AvgIpc) is 2.52. The smallest absolute Gasteiger partial charge is 0.161 e. The maximum atomic E-state index is 5.91. The number of hydrogen-bond acceptors (Lipinski definition) is 5. The Morgan fingerprint density at radius 3 is 2.86 bits per heavy atom. The van der Waals surface area contributed by atoms with Crippen LogP contribution in [0.5, 0.6) is 11.5 Å². The molecule has 0 bridgehead atoms. The van der Waals surface area contributed by atoms with E-state index in [9.17, 15) is 0 Å². The normalized spacial score (nSPS) is 19.8. The largest absolute Gasteiger partial charge is 0.493 e. The van der Waals surface area contributed by atoms with Crippen molar-refractivity contribution < 1.29 is 14.2 Å². The van der Waals surface area contributed by atoms with Crippen LogP contribution < -0.4 is 15.2 Å². The van der Waals surface area contributed by atoms with Gasteiger partial charge in [0.25, 0.3) is 0 Å². The fraction of sp³-hybridized carbons (Fsp3) is 0.625. The molecular formula is C16H26N2O3. The summed E-state index contributed by atoms with van der Waals surface area (Å²) in [6.07, 6.45) is 0.0902. The van der Waals surface area contributed by atoms with Gasteiger partial charge in [-0.05, 0) is 31.5 Å². The molecule has 1 unspecified atom stereocenters. The van der Waals surface area contributed by atoms with Gasteiger partial charge >= 0.3 is 0 Å². The lowest BCUT2D eigenvalue weighted by molar-refractivity contribution is -0.0566. The first-order valence-corrected chi connectivity index (χ1v) is 7.49. The van der Waals surface area contributed by atoms with E-state index in [4.69, 9.17) is 19.9 Å². The van der Waals surface area contributed by atoms with Crippen LogP contribution in [0.1, 0.15) is 19.4 Å². The summed E-state index contributed by atoms with van der Waals surface area (Å²) in [7, 11) is 1.64. The zero-order valence-electron chi connectivity index (χ0n) is 13.2. The van der Waals surface area contributed by atoms with Crippen LogP contribution in [0.15, 0.2) is 18.2 Å². The van der Waals surface area contributed by atoms with Gasteiger partial charge in [-0.2, -0.15) is 0 Å². The fourth-order valence-corrected chi connectivity index (χ4v) is 2.46. The van der Waals surface area contributed by atoms with Crippen molar-refractivity contribution in [1.82, 2.24) is 4.90 Å². The lowest BCUT2D eigenvalue weighted by Crippen LogP contribution is -2.47. The second-order valence-electron chi connectivity index (χ2n) is 5.58. The second kappa shape index (κ2) is 7.64. The Labute approximate surface area is 127 Å². The molecule has 2 rings (SSSR count). The van der Waals surface area contributed by atoms with Crippen LogP contribution in [0, 0.1) is 0 Å². The molecule has 1 aliphatic rings. The van der Waals surface area contributed by atoms with Crippen molar-refractivity contribution >= 4 is 0 Å². The van der Waals surface area contributed by atoms with Crippen molar-refractivity contribution in [2.75, 3.05) is 33.4 Å². The summed E-state index contributed by atoms with van der Waals surface area (Å²) in [5, 5.41) is 0. The van der Waals surface area contributed by atoms with Crippen LogP contribution in [0.3, 0.4) is 0 Å². The molecule has 1 saturated heterocycles. The molecule has 1 aliphatic heterocycles. The molecule has 5 heteroatoms. The molecule has 118 valence electrons. The second-order valence-corrected chi connectivity index (χ2v) is 5.58. The highest BCUT2D eigenvalue weighted by molar-refractivity contribution is 5.42. The molecule has 0 radical (unpaired) electrons. The summed E-state index contributed by atoms with van der Waals surface area (Å²) in [5.41, 5.74) is 6.70. The van der Waals surface area contributed by atoms with Gasteiger partial charge in [0.05, 0.1) is 13.7 Å². The number of hydrogen-bond donors (Lipinski definition) is 1. The highest BCUT2D eigenvalue weighted by Gasteiger charge is 2.23. The SMILES string of the molecule is COc1ccc(CN)cc1OCC1CN(C(C)C)CCO1. The molecule has 0 amide bonds. The summed E-state index contributed by atoms with van der Waals surface area (Å²) in [5.74, 6) is 1.45. The average molecular weight is 294 g/mol. The standard InChI is InChI=1S/C16H26N2O3/c1-12(2)18-6-7-20-14(10-18)11-21-16-8-13(9-17)4-5-15(16)19-3/h4-5,8,12,14H,6-7,9-11,17H2,1-3H3. The summed E-state index contributed by atoms with van der Waals surface area (Å²) in [4.78, 5) is 2.41. The Balaban J connectivity index is 1.95. The van der Waals surface area contributed by atoms with Crippen molar-refractivity contribution in [3.63, 3.8) is 0 Å². The van der Waals surface area contributed by atoms with Crippen LogP contribution in [0.4, 0.5) is 0 Å². The van der Waals surface area contributed by atoms with Gasteiger partial charge in [0.1, 0.15) is 12.7 Å². The third kappa shape index (κ3) is 4.33. The monoisotopic (exact) mass is 294 g/mol. The molecule has 1 aromatic rings. The minimum atomic E-state index is 0.0902. The van der Waals surface area contributed by atoms with Crippen LogP contribution in [-0.2, 0) is 11.3 Å². The lowest BCUT2D eigenvalue weighted by Gasteiger charge is -2.35. The number of morpholine rings is 1. The Kier molecular flexibility index (Phi) is 5.85. The molecule has 1 fully saturated rings. The molecule has 0 aliphatic carbocycles. The van der Waals surface area contributed by atoms with Crippen molar-refractivity contribution in [2.45, 2.75) is 32.5 Å². The highest BCUT2D eigenvalue weighted by Crippen LogP contribution is 2.28. The van der Waals surface area contributed by atoms with E-state index >= 15 is 0 Å². The molecule has 1 atom stereocenters. The third-order valence-electron chi connectivity index (χ3n) is 3.79. The van der Waals surface area contributed by atoms with Crippen LogP contribution in [-0.4, -0.2) is 50.5 Å². The number of benzene rings is 1. The molecule has 0 aromatic heterocycles. The van der Waals surface area contributed by atoms with Gasteiger partial charge < -0.3 is 19.9 Å². The van der Waals surface area contributed by atoms with Crippen molar-refractivity contribution in [3.05, 3.63) is 23.8 Å². The van der Waals surface area contributed by atoms with Gasteiger partial charge in [0, 0.05) is 25.7 Å². The molecule has 2 N–H and O–H groups in total. The third-order valence-corrected chi connectivity index (χ3v) is 3.79. The van der Waals surface area contributed by atoms with Crippen molar-refractivity contribution in [2.24, 2.45) is 5.73 Å². The Hall–Kier alpha value is -1.30. The zero-order chi connectivity index (χ0) is 15.2. The maximum absolute atomic E-state index is 5.91. The Morgan fingerprint density at radius 2 is 2.19 bits per heavy atom. The molecule has 1 heterocycles. The van der Waals surface area contributed by atoms with Crippen molar-refractivity contribution in [1.29, 1.82) is 0 Å². The zero-order valence-corrected chi connectivity index (χ0v) is 13.2. The molecule has 0 spiro atoms. The van der Waals surface area contributed by atoms with E-state index < -0.39 is 0 Å². The van der Waals surface area contributed by atoms with Crippen LogP contribution in [0.2, 0.25) is 0 Å². The molecule has 21 heavy (non-hydrogen) atoms. The minimum Gasteiger partial charge on any atom is -0.493 e. The van der Waals surface area contributed by atoms with Crippen LogP contribution >= 0.6 is 0 Å². The Bertz CT molecular complexity index is 451. The van der Waals surface area contributed by atoms with Gasteiger partial charge in [0.15, 0.2) is 11.5 Å². The highest BCUT2D eigenvalue weighted by atomic mass is 16.5. The number of nitrogens with zero attached hydrogens (tertiary/aromatic N) is 1. The van der Waals surface area contributed by atoms with Gasteiger partial charge in [-0.1, -0.05) is 6.07 Å². The van der Waals surface area contributed by atoms with Crippen LogP contribution in [0.25, 0.3) is 0 Å². The number of rotatable bonds is 6. The van der Waals surface area contributed by atoms with E-state index in [1.165, 1.54) is 0 Å². The fourth-order valence-electron chi connectivity index (χ4n) is 2.46. The number of ether oxygens (including phenoxy) is 3. The van der Waals surface area contributed by atoms with E-state index in [2.05, 4.69) is 18.7 Å². The topological polar surface area (TPSA) is 57.0 Å². The van der Waals surface area contributed by atoms with Gasteiger partial charge in [-0.15, -0.1) is 0 Å².